The Hall–Kier alpha value is -3.06. The number of aromatic amines is 1. The Morgan fingerprint density at radius 3 is 2.54 bits per heavy atom. The normalized spacial score (nSPS) is 12.0. The van der Waals surface area contributed by atoms with E-state index in [9.17, 15) is 5.11 Å². The van der Waals surface area contributed by atoms with Gasteiger partial charge in [0.25, 0.3) is 0 Å². The van der Waals surface area contributed by atoms with Crippen molar-refractivity contribution in [2.45, 2.75) is 19.9 Å². The highest BCUT2D eigenvalue weighted by Gasteiger charge is 2.18. The van der Waals surface area contributed by atoms with E-state index < -0.39 is 6.04 Å². The van der Waals surface area contributed by atoms with Gasteiger partial charge in [0.2, 0.25) is 0 Å². The third-order valence-corrected chi connectivity index (χ3v) is 3.87. The summed E-state index contributed by atoms with van der Waals surface area (Å²) in [4.78, 5) is 4.43. The molecule has 0 saturated carbocycles. The number of hydrogen-bond acceptors (Lipinski definition) is 6. The Morgan fingerprint density at radius 1 is 1.08 bits per heavy atom. The first kappa shape index (κ1) is 17.8. The Bertz CT molecular complexity index is 879. The fourth-order valence-electron chi connectivity index (χ4n) is 2.62. The van der Waals surface area contributed by atoms with Crippen molar-refractivity contribution in [2.24, 2.45) is 5.73 Å². The molecule has 1 aromatic heterocycles. The van der Waals surface area contributed by atoms with Gasteiger partial charge in [-0.05, 0) is 43.7 Å². The number of H-pyrrole nitrogens is 1. The number of benzene rings is 2. The fraction of sp³-hybridized carbons (Fsp3) is 0.263. The summed E-state index contributed by atoms with van der Waals surface area (Å²) in [5.74, 6) is 2.33. The molecule has 136 valence electrons. The number of nitrogens with two attached hydrogens (primary N) is 1. The van der Waals surface area contributed by atoms with Gasteiger partial charge in [-0.1, -0.05) is 18.2 Å². The molecule has 0 fully saturated rings. The van der Waals surface area contributed by atoms with Gasteiger partial charge in [0.15, 0.2) is 17.3 Å². The largest absolute Gasteiger partial charge is 0.507 e. The Kier molecular flexibility index (Phi) is 5.38. The second kappa shape index (κ2) is 7.88. The van der Waals surface area contributed by atoms with Crippen molar-refractivity contribution >= 4 is 0 Å². The smallest absolute Gasteiger partial charge is 0.184 e. The predicted octanol–water partition coefficient (Wildman–Crippen LogP) is 3.02. The minimum Gasteiger partial charge on any atom is -0.507 e. The third kappa shape index (κ3) is 3.62. The summed E-state index contributed by atoms with van der Waals surface area (Å²) in [5.41, 5.74) is 7.70. The van der Waals surface area contributed by atoms with Gasteiger partial charge in [-0.25, -0.2) is 4.98 Å². The van der Waals surface area contributed by atoms with Crippen LogP contribution in [0.3, 0.4) is 0 Å². The number of nitrogens with one attached hydrogen (secondary N) is 1. The summed E-state index contributed by atoms with van der Waals surface area (Å²) >= 11 is 0. The van der Waals surface area contributed by atoms with Crippen molar-refractivity contribution in [3.63, 3.8) is 0 Å². The zero-order chi connectivity index (χ0) is 18.5. The SMILES string of the molecule is CCOc1ccc([C@@H](N)c2nc(-c3ccccc3O)n[nH]2)cc1OCC. The quantitative estimate of drug-likeness (QED) is 0.602. The maximum Gasteiger partial charge on any atom is 0.184 e. The van der Waals surface area contributed by atoms with Crippen LogP contribution in [-0.2, 0) is 0 Å². The van der Waals surface area contributed by atoms with Gasteiger partial charge in [0, 0.05) is 0 Å². The van der Waals surface area contributed by atoms with Gasteiger partial charge < -0.3 is 20.3 Å². The van der Waals surface area contributed by atoms with Gasteiger partial charge in [0.1, 0.15) is 11.6 Å². The Morgan fingerprint density at radius 2 is 1.81 bits per heavy atom. The first-order valence-corrected chi connectivity index (χ1v) is 8.49. The van der Waals surface area contributed by atoms with Crippen LogP contribution in [0.5, 0.6) is 17.2 Å². The number of ether oxygens (including phenoxy) is 2. The van der Waals surface area contributed by atoms with Crippen LogP contribution in [0.1, 0.15) is 31.3 Å². The highest BCUT2D eigenvalue weighted by Crippen LogP contribution is 2.32. The van der Waals surface area contributed by atoms with Gasteiger partial charge >= 0.3 is 0 Å². The molecule has 0 unspecified atom stereocenters. The van der Waals surface area contributed by atoms with E-state index in [1.165, 1.54) is 0 Å². The molecule has 0 saturated heterocycles. The summed E-state index contributed by atoms with van der Waals surface area (Å²) in [6, 6.07) is 11.9. The minimum absolute atomic E-state index is 0.117. The van der Waals surface area contributed by atoms with Gasteiger partial charge in [-0.3, -0.25) is 5.10 Å². The van der Waals surface area contributed by atoms with E-state index in [-0.39, 0.29) is 5.75 Å². The van der Waals surface area contributed by atoms with E-state index in [2.05, 4.69) is 15.2 Å². The van der Waals surface area contributed by atoms with Crippen LogP contribution in [0.4, 0.5) is 0 Å². The molecule has 0 aliphatic heterocycles. The molecule has 26 heavy (non-hydrogen) atoms. The van der Waals surface area contributed by atoms with Crippen LogP contribution in [0.25, 0.3) is 11.4 Å². The van der Waals surface area contributed by atoms with E-state index in [1.807, 2.05) is 38.1 Å². The standard InChI is InChI=1S/C19H22N4O3/c1-3-25-15-10-9-12(11-16(15)26-4-2)17(20)19-21-18(22-23-19)13-7-5-6-8-14(13)24/h5-11,17,24H,3-4,20H2,1-2H3,(H,21,22,23)/t17-/m1/s1. The van der Waals surface area contributed by atoms with Crippen molar-refractivity contribution in [1.82, 2.24) is 15.2 Å². The maximum absolute atomic E-state index is 9.95. The zero-order valence-electron chi connectivity index (χ0n) is 14.8. The fourth-order valence-corrected chi connectivity index (χ4v) is 2.62. The first-order valence-electron chi connectivity index (χ1n) is 8.49. The number of aromatic nitrogens is 3. The van der Waals surface area contributed by atoms with Crippen molar-refractivity contribution in [2.75, 3.05) is 13.2 Å². The lowest BCUT2D eigenvalue weighted by Gasteiger charge is -2.14. The van der Waals surface area contributed by atoms with Crippen LogP contribution in [0, 0.1) is 0 Å². The Balaban J connectivity index is 1.89. The van der Waals surface area contributed by atoms with E-state index in [0.717, 1.165) is 5.56 Å². The van der Waals surface area contributed by atoms with Gasteiger partial charge in [-0.15, -0.1) is 0 Å². The van der Waals surface area contributed by atoms with Crippen LogP contribution in [0.2, 0.25) is 0 Å². The molecule has 7 nitrogen and oxygen atoms in total. The molecule has 0 bridgehead atoms. The molecule has 7 heteroatoms. The van der Waals surface area contributed by atoms with Crippen molar-refractivity contribution in [3.05, 3.63) is 53.9 Å². The number of para-hydroxylation sites is 1. The average Bonchev–Trinajstić information content (AvgIpc) is 3.13. The van der Waals surface area contributed by atoms with E-state index in [0.29, 0.717) is 41.9 Å². The van der Waals surface area contributed by atoms with Gasteiger partial charge in [0.05, 0.1) is 24.8 Å². The second-order valence-electron chi connectivity index (χ2n) is 5.61. The zero-order valence-corrected chi connectivity index (χ0v) is 14.8. The lowest BCUT2D eigenvalue weighted by molar-refractivity contribution is 0.287. The highest BCUT2D eigenvalue weighted by molar-refractivity contribution is 5.63. The average molecular weight is 354 g/mol. The molecule has 3 rings (SSSR count). The van der Waals surface area contributed by atoms with Crippen molar-refractivity contribution in [1.29, 1.82) is 0 Å². The molecule has 0 aliphatic rings. The van der Waals surface area contributed by atoms with Crippen LogP contribution < -0.4 is 15.2 Å². The molecule has 1 heterocycles. The second-order valence-corrected chi connectivity index (χ2v) is 5.61. The van der Waals surface area contributed by atoms with Crippen molar-refractivity contribution in [3.8, 4) is 28.6 Å². The number of hydrogen-bond donors (Lipinski definition) is 3. The summed E-state index contributed by atoms with van der Waals surface area (Å²) < 4.78 is 11.2. The van der Waals surface area contributed by atoms with Crippen LogP contribution in [-0.4, -0.2) is 33.5 Å². The minimum atomic E-state index is -0.517. The Labute approximate surface area is 151 Å². The monoisotopic (exact) mass is 354 g/mol. The lowest BCUT2D eigenvalue weighted by atomic mass is 10.1. The van der Waals surface area contributed by atoms with Crippen LogP contribution >= 0.6 is 0 Å². The molecule has 3 aromatic rings. The molecule has 1 atom stereocenters. The summed E-state index contributed by atoms with van der Waals surface area (Å²) in [5, 5.41) is 17.0. The maximum atomic E-state index is 9.95. The molecule has 2 aromatic carbocycles. The number of nitrogens with zero attached hydrogens (tertiary/aromatic N) is 2. The van der Waals surface area contributed by atoms with E-state index in [1.54, 1.807) is 18.2 Å². The number of rotatable bonds is 7. The van der Waals surface area contributed by atoms with Crippen molar-refractivity contribution < 1.29 is 14.6 Å². The molecule has 0 radical (unpaired) electrons. The molecular formula is C19H22N4O3. The topological polar surface area (TPSA) is 106 Å². The number of phenolic OH excluding ortho intramolecular Hbond substituents is 1. The highest BCUT2D eigenvalue weighted by atomic mass is 16.5. The lowest BCUT2D eigenvalue weighted by Crippen LogP contribution is -2.14. The van der Waals surface area contributed by atoms with E-state index >= 15 is 0 Å². The van der Waals surface area contributed by atoms with Crippen LogP contribution in [0.15, 0.2) is 42.5 Å². The third-order valence-electron chi connectivity index (χ3n) is 3.87. The molecule has 0 spiro atoms. The summed E-state index contributed by atoms with van der Waals surface area (Å²) in [6.07, 6.45) is 0. The number of phenols is 1. The predicted molar refractivity (Wildman–Crippen MR) is 98.3 cm³/mol. The molecule has 0 aliphatic carbocycles. The summed E-state index contributed by atoms with van der Waals surface area (Å²) in [7, 11) is 0. The molecule has 0 amide bonds. The summed E-state index contributed by atoms with van der Waals surface area (Å²) in [6.45, 7) is 4.91. The first-order chi connectivity index (χ1) is 12.6. The van der Waals surface area contributed by atoms with Gasteiger partial charge in [-0.2, -0.15) is 5.10 Å². The molecule has 4 N–H and O–H groups in total. The van der Waals surface area contributed by atoms with E-state index in [4.69, 9.17) is 15.2 Å². The number of aromatic hydroxyl groups is 1. The molecular weight excluding hydrogens is 332 g/mol.